The Morgan fingerprint density at radius 1 is 1.19 bits per heavy atom. The van der Waals surface area contributed by atoms with E-state index in [2.05, 4.69) is 4.72 Å². The van der Waals surface area contributed by atoms with E-state index in [4.69, 9.17) is 4.18 Å². The van der Waals surface area contributed by atoms with Crippen LogP contribution in [0.2, 0.25) is 0 Å². The van der Waals surface area contributed by atoms with E-state index in [0.717, 1.165) is 19.3 Å². The van der Waals surface area contributed by atoms with Crippen LogP contribution in [0.3, 0.4) is 0 Å². The van der Waals surface area contributed by atoms with Crippen molar-refractivity contribution in [2.24, 2.45) is 0 Å². The predicted molar refractivity (Wildman–Crippen MR) is 61.7 cm³/mol. The third-order valence-electron chi connectivity index (χ3n) is 2.78. The average molecular weight is 241 g/mol. The molecule has 1 aromatic rings. The molecule has 0 heterocycles. The summed E-state index contributed by atoms with van der Waals surface area (Å²) in [7, 11) is -2.32. The summed E-state index contributed by atoms with van der Waals surface area (Å²) in [5.41, 5.74) is 2.51. The van der Waals surface area contributed by atoms with E-state index in [0.29, 0.717) is 5.75 Å². The van der Waals surface area contributed by atoms with Crippen molar-refractivity contribution in [1.29, 1.82) is 0 Å². The fourth-order valence-corrected chi connectivity index (χ4v) is 2.37. The van der Waals surface area contributed by atoms with Gasteiger partial charge in [0.05, 0.1) is 0 Å². The molecule has 0 radical (unpaired) electrons. The highest BCUT2D eigenvalue weighted by Crippen LogP contribution is 2.25. The second-order valence-corrected chi connectivity index (χ2v) is 5.36. The van der Waals surface area contributed by atoms with Crippen molar-refractivity contribution in [3.63, 3.8) is 0 Å². The Hall–Kier alpha value is -1.07. The first-order chi connectivity index (χ1) is 7.61. The predicted octanol–water partition coefficient (Wildman–Crippen LogP) is 1.41. The Morgan fingerprint density at radius 3 is 2.56 bits per heavy atom. The summed E-state index contributed by atoms with van der Waals surface area (Å²) in [6, 6.07) is 5.48. The van der Waals surface area contributed by atoms with Gasteiger partial charge in [0.1, 0.15) is 5.75 Å². The SMILES string of the molecule is CNS(=O)(=O)Oc1ccc2c(c1)CCCC2. The third kappa shape index (κ3) is 2.54. The van der Waals surface area contributed by atoms with Crippen LogP contribution < -0.4 is 8.91 Å². The van der Waals surface area contributed by atoms with Gasteiger partial charge in [-0.15, -0.1) is 0 Å². The molecule has 0 bridgehead atoms. The molecule has 1 aromatic carbocycles. The van der Waals surface area contributed by atoms with E-state index in [1.165, 1.54) is 24.6 Å². The van der Waals surface area contributed by atoms with Crippen LogP contribution in [0.1, 0.15) is 24.0 Å². The molecule has 5 heteroatoms. The molecule has 0 saturated carbocycles. The van der Waals surface area contributed by atoms with Gasteiger partial charge >= 0.3 is 10.3 Å². The van der Waals surface area contributed by atoms with Gasteiger partial charge < -0.3 is 4.18 Å². The highest BCUT2D eigenvalue weighted by atomic mass is 32.2. The summed E-state index contributed by atoms with van der Waals surface area (Å²) < 4.78 is 29.4. The summed E-state index contributed by atoms with van der Waals surface area (Å²) in [5, 5.41) is 0. The molecule has 0 unspecified atom stereocenters. The van der Waals surface area contributed by atoms with Crippen molar-refractivity contribution in [3.8, 4) is 5.75 Å². The van der Waals surface area contributed by atoms with Crippen molar-refractivity contribution >= 4 is 10.3 Å². The Morgan fingerprint density at radius 2 is 1.88 bits per heavy atom. The van der Waals surface area contributed by atoms with Gasteiger partial charge in [-0.2, -0.15) is 13.1 Å². The molecule has 2 rings (SSSR count). The standard InChI is InChI=1S/C11H15NO3S/c1-12-16(13,14)15-11-7-6-9-4-2-3-5-10(9)8-11/h6-8,12H,2-5H2,1H3. The van der Waals surface area contributed by atoms with Crippen LogP contribution >= 0.6 is 0 Å². The van der Waals surface area contributed by atoms with Gasteiger partial charge in [-0.3, -0.25) is 0 Å². The first kappa shape index (κ1) is 11.4. The van der Waals surface area contributed by atoms with Gasteiger partial charge in [0.15, 0.2) is 0 Å². The average Bonchev–Trinajstić information content (AvgIpc) is 2.28. The molecular weight excluding hydrogens is 226 g/mol. The molecule has 1 aliphatic carbocycles. The molecule has 4 nitrogen and oxygen atoms in total. The van der Waals surface area contributed by atoms with E-state index >= 15 is 0 Å². The minimum Gasteiger partial charge on any atom is -0.371 e. The zero-order chi connectivity index (χ0) is 11.6. The van der Waals surface area contributed by atoms with Crippen LogP contribution in [0.15, 0.2) is 18.2 Å². The van der Waals surface area contributed by atoms with Crippen molar-refractivity contribution < 1.29 is 12.6 Å². The molecule has 0 amide bonds. The van der Waals surface area contributed by atoms with E-state index in [1.54, 1.807) is 6.07 Å². The minimum atomic E-state index is -3.65. The fourth-order valence-electron chi connectivity index (χ4n) is 1.93. The first-order valence-electron chi connectivity index (χ1n) is 5.35. The van der Waals surface area contributed by atoms with Crippen LogP contribution in [0, 0.1) is 0 Å². The molecular formula is C11H15NO3S. The molecule has 0 saturated heterocycles. The number of aryl methyl sites for hydroxylation is 2. The monoisotopic (exact) mass is 241 g/mol. The molecule has 0 aliphatic heterocycles. The van der Waals surface area contributed by atoms with Crippen LogP contribution in [-0.4, -0.2) is 15.5 Å². The maximum absolute atomic E-state index is 11.2. The summed E-state index contributed by atoms with van der Waals surface area (Å²) >= 11 is 0. The highest BCUT2D eigenvalue weighted by Gasteiger charge is 2.13. The minimum absolute atomic E-state index is 0.384. The van der Waals surface area contributed by atoms with E-state index < -0.39 is 10.3 Å². The van der Waals surface area contributed by atoms with Gasteiger partial charge in [0.2, 0.25) is 0 Å². The largest absolute Gasteiger partial charge is 0.382 e. The number of fused-ring (bicyclic) bond motifs is 1. The maximum Gasteiger partial charge on any atom is 0.382 e. The summed E-state index contributed by atoms with van der Waals surface area (Å²) in [6.07, 6.45) is 4.46. The van der Waals surface area contributed by atoms with Crippen LogP contribution in [-0.2, 0) is 23.1 Å². The summed E-state index contributed by atoms with van der Waals surface area (Å²) in [6.45, 7) is 0. The topological polar surface area (TPSA) is 55.4 Å². The lowest BCUT2D eigenvalue weighted by Crippen LogP contribution is -2.24. The Balaban J connectivity index is 2.24. The highest BCUT2D eigenvalue weighted by molar-refractivity contribution is 7.85. The lowest BCUT2D eigenvalue weighted by Gasteiger charge is -2.16. The second kappa shape index (κ2) is 4.43. The summed E-state index contributed by atoms with van der Waals surface area (Å²) in [5.74, 6) is 0.384. The Kier molecular flexibility index (Phi) is 3.16. The fraction of sp³-hybridized carbons (Fsp3) is 0.455. The van der Waals surface area contributed by atoms with Crippen molar-refractivity contribution in [1.82, 2.24) is 4.72 Å². The first-order valence-corrected chi connectivity index (χ1v) is 6.76. The van der Waals surface area contributed by atoms with E-state index in [1.807, 2.05) is 12.1 Å². The molecule has 1 N–H and O–H groups in total. The van der Waals surface area contributed by atoms with Gasteiger partial charge in [-0.05, 0) is 48.9 Å². The number of benzene rings is 1. The van der Waals surface area contributed by atoms with Crippen molar-refractivity contribution in [3.05, 3.63) is 29.3 Å². The third-order valence-corrected chi connectivity index (χ3v) is 3.69. The zero-order valence-corrected chi connectivity index (χ0v) is 10.0. The molecule has 1 aliphatic rings. The summed E-state index contributed by atoms with van der Waals surface area (Å²) in [4.78, 5) is 0. The van der Waals surface area contributed by atoms with Crippen molar-refractivity contribution in [2.75, 3.05) is 7.05 Å². The zero-order valence-electron chi connectivity index (χ0n) is 9.19. The van der Waals surface area contributed by atoms with Crippen LogP contribution in [0.4, 0.5) is 0 Å². The quantitative estimate of drug-likeness (QED) is 0.870. The number of nitrogens with one attached hydrogen (secondary N) is 1. The lowest BCUT2D eigenvalue weighted by molar-refractivity contribution is 0.476. The molecule has 0 spiro atoms. The maximum atomic E-state index is 11.2. The molecule has 0 aromatic heterocycles. The van der Waals surface area contributed by atoms with E-state index in [-0.39, 0.29) is 0 Å². The molecule has 0 atom stereocenters. The number of rotatable bonds is 3. The number of hydrogen-bond acceptors (Lipinski definition) is 3. The smallest absolute Gasteiger partial charge is 0.371 e. The number of hydrogen-bond donors (Lipinski definition) is 1. The van der Waals surface area contributed by atoms with Crippen LogP contribution in [0.5, 0.6) is 5.75 Å². The Bertz CT molecular complexity index is 482. The van der Waals surface area contributed by atoms with Gasteiger partial charge in [-0.25, -0.2) is 0 Å². The second-order valence-electron chi connectivity index (χ2n) is 3.88. The molecule has 88 valence electrons. The molecule has 16 heavy (non-hydrogen) atoms. The van der Waals surface area contributed by atoms with Gasteiger partial charge in [0.25, 0.3) is 0 Å². The Labute approximate surface area is 95.9 Å². The van der Waals surface area contributed by atoms with E-state index in [9.17, 15) is 8.42 Å². The van der Waals surface area contributed by atoms with Crippen molar-refractivity contribution in [2.45, 2.75) is 25.7 Å². The van der Waals surface area contributed by atoms with Crippen LogP contribution in [0.25, 0.3) is 0 Å². The molecule has 0 fully saturated rings. The lowest BCUT2D eigenvalue weighted by atomic mass is 9.92. The van der Waals surface area contributed by atoms with Gasteiger partial charge in [0, 0.05) is 7.05 Å². The normalized spacial score (nSPS) is 15.6. The van der Waals surface area contributed by atoms with Gasteiger partial charge in [-0.1, -0.05) is 6.07 Å².